The summed E-state index contributed by atoms with van der Waals surface area (Å²) >= 11 is 0. The van der Waals surface area contributed by atoms with Gasteiger partial charge in [0.25, 0.3) is 0 Å². The highest BCUT2D eigenvalue weighted by molar-refractivity contribution is 4.69. The second-order valence-electron chi connectivity index (χ2n) is 6.29. The number of aliphatic hydroxyl groups is 3. The van der Waals surface area contributed by atoms with Crippen molar-refractivity contribution in [3.63, 3.8) is 0 Å². The third-order valence-electron chi connectivity index (χ3n) is 3.96. The topological polar surface area (TPSA) is 60.7 Å². The smallest absolute Gasteiger partial charge is 0.186 e. The van der Waals surface area contributed by atoms with Crippen LogP contribution in [0, 0.1) is 0 Å². The molecule has 3 nitrogen and oxygen atoms in total. The van der Waals surface area contributed by atoms with E-state index >= 15 is 0 Å². The Morgan fingerprint density at radius 1 is 0.700 bits per heavy atom. The summed E-state index contributed by atoms with van der Waals surface area (Å²) in [6, 6.07) is 0. The predicted molar refractivity (Wildman–Crippen MR) is 84.5 cm³/mol. The van der Waals surface area contributed by atoms with E-state index in [0.29, 0.717) is 6.42 Å². The molecule has 1 atom stereocenters. The summed E-state index contributed by atoms with van der Waals surface area (Å²) in [5.41, 5.74) is 0. The van der Waals surface area contributed by atoms with Crippen LogP contribution in [0.2, 0.25) is 0 Å². The maximum Gasteiger partial charge on any atom is 0.186 e. The molecule has 0 radical (unpaired) electrons. The Kier molecular flexibility index (Phi) is 12.5. The third kappa shape index (κ3) is 12.9. The van der Waals surface area contributed by atoms with E-state index in [9.17, 15) is 5.11 Å². The molecule has 20 heavy (non-hydrogen) atoms. The van der Waals surface area contributed by atoms with Crippen LogP contribution in [-0.4, -0.2) is 27.2 Å². The lowest BCUT2D eigenvalue weighted by Gasteiger charge is -2.22. The first-order valence-electron chi connectivity index (χ1n) is 8.61. The van der Waals surface area contributed by atoms with Crippen molar-refractivity contribution in [2.45, 2.75) is 109 Å². The van der Waals surface area contributed by atoms with Crippen molar-refractivity contribution >= 4 is 0 Å². The normalized spacial score (nSPS) is 13.7. The minimum Gasteiger partial charge on any atom is -0.388 e. The zero-order valence-electron chi connectivity index (χ0n) is 13.6. The molecule has 0 aliphatic rings. The van der Waals surface area contributed by atoms with Gasteiger partial charge < -0.3 is 15.3 Å². The van der Waals surface area contributed by atoms with Crippen molar-refractivity contribution in [2.24, 2.45) is 0 Å². The summed E-state index contributed by atoms with van der Waals surface area (Å²) in [4.78, 5) is 0. The summed E-state index contributed by atoms with van der Waals surface area (Å²) in [5, 5.41) is 27.8. The van der Waals surface area contributed by atoms with Gasteiger partial charge in [0.15, 0.2) is 5.79 Å². The van der Waals surface area contributed by atoms with Gasteiger partial charge in [-0.2, -0.15) is 0 Å². The standard InChI is InChI=1S/C17H36O3/c1-3-4-5-6-7-8-9-10-11-12-13-14-15-16(18)17(2,19)20/h16,18-20H,3-15H2,1-2H3. The SMILES string of the molecule is CCCCCCCCCCCCCCC(O)C(C)(O)O. The molecule has 3 N–H and O–H groups in total. The van der Waals surface area contributed by atoms with Crippen LogP contribution in [0.4, 0.5) is 0 Å². The van der Waals surface area contributed by atoms with Crippen LogP contribution in [0.5, 0.6) is 0 Å². The number of unbranched alkanes of at least 4 members (excludes halogenated alkanes) is 11. The number of aliphatic hydroxyl groups excluding tert-OH is 1. The fourth-order valence-corrected chi connectivity index (χ4v) is 2.45. The van der Waals surface area contributed by atoms with Crippen LogP contribution in [0.25, 0.3) is 0 Å². The highest BCUT2D eigenvalue weighted by Gasteiger charge is 2.25. The molecule has 0 spiro atoms. The van der Waals surface area contributed by atoms with Gasteiger partial charge in [-0.25, -0.2) is 0 Å². The molecule has 0 aromatic heterocycles. The van der Waals surface area contributed by atoms with Gasteiger partial charge in [-0.3, -0.25) is 0 Å². The molecule has 0 heterocycles. The van der Waals surface area contributed by atoms with Crippen molar-refractivity contribution in [2.75, 3.05) is 0 Å². The monoisotopic (exact) mass is 288 g/mol. The molecule has 122 valence electrons. The van der Waals surface area contributed by atoms with Crippen LogP contribution in [-0.2, 0) is 0 Å². The molecule has 0 aromatic carbocycles. The Bertz CT molecular complexity index is 199. The average molecular weight is 288 g/mol. The van der Waals surface area contributed by atoms with Crippen molar-refractivity contribution < 1.29 is 15.3 Å². The van der Waals surface area contributed by atoms with E-state index in [4.69, 9.17) is 10.2 Å². The van der Waals surface area contributed by atoms with Crippen LogP contribution in [0.1, 0.15) is 97.3 Å². The van der Waals surface area contributed by atoms with Crippen molar-refractivity contribution in [1.82, 2.24) is 0 Å². The lowest BCUT2D eigenvalue weighted by atomic mass is 10.0. The van der Waals surface area contributed by atoms with Gasteiger partial charge in [0.2, 0.25) is 0 Å². The van der Waals surface area contributed by atoms with Gasteiger partial charge in [-0.15, -0.1) is 0 Å². The van der Waals surface area contributed by atoms with E-state index in [2.05, 4.69) is 6.92 Å². The van der Waals surface area contributed by atoms with Gasteiger partial charge in [0, 0.05) is 0 Å². The predicted octanol–water partition coefficient (Wildman–Crippen LogP) is 4.14. The first kappa shape index (κ1) is 19.9. The van der Waals surface area contributed by atoms with Gasteiger partial charge >= 0.3 is 0 Å². The molecule has 0 saturated carbocycles. The van der Waals surface area contributed by atoms with Gasteiger partial charge in [0.05, 0.1) is 0 Å². The lowest BCUT2D eigenvalue weighted by Crippen LogP contribution is -2.38. The minimum absolute atomic E-state index is 0.473. The largest absolute Gasteiger partial charge is 0.388 e. The average Bonchev–Trinajstić information content (AvgIpc) is 2.38. The van der Waals surface area contributed by atoms with E-state index in [1.807, 2.05) is 0 Å². The van der Waals surface area contributed by atoms with Crippen LogP contribution in [0.15, 0.2) is 0 Å². The molecule has 0 aromatic rings. The van der Waals surface area contributed by atoms with Crippen LogP contribution < -0.4 is 0 Å². The van der Waals surface area contributed by atoms with Crippen LogP contribution in [0.3, 0.4) is 0 Å². The molecule has 0 aliphatic carbocycles. The third-order valence-corrected chi connectivity index (χ3v) is 3.96. The minimum atomic E-state index is -1.95. The van der Waals surface area contributed by atoms with Gasteiger partial charge in [-0.1, -0.05) is 84.0 Å². The van der Waals surface area contributed by atoms with E-state index < -0.39 is 11.9 Å². The van der Waals surface area contributed by atoms with E-state index in [0.717, 1.165) is 12.8 Å². The zero-order valence-corrected chi connectivity index (χ0v) is 13.6. The molecule has 0 amide bonds. The first-order chi connectivity index (χ1) is 9.48. The Labute approximate surface area is 125 Å². The first-order valence-corrected chi connectivity index (χ1v) is 8.61. The van der Waals surface area contributed by atoms with Crippen molar-refractivity contribution in [3.8, 4) is 0 Å². The molecule has 0 fully saturated rings. The molecule has 0 saturated heterocycles. The number of hydrogen-bond acceptors (Lipinski definition) is 3. The Morgan fingerprint density at radius 2 is 1.05 bits per heavy atom. The molecule has 0 aliphatic heterocycles. The number of rotatable bonds is 14. The van der Waals surface area contributed by atoms with Crippen LogP contribution >= 0.6 is 0 Å². The number of hydrogen-bond donors (Lipinski definition) is 3. The summed E-state index contributed by atoms with van der Waals surface area (Å²) in [5.74, 6) is -1.95. The molecule has 3 heteroatoms. The quantitative estimate of drug-likeness (QED) is 0.332. The maximum absolute atomic E-state index is 9.45. The summed E-state index contributed by atoms with van der Waals surface area (Å²) in [6.07, 6.45) is 14.8. The summed E-state index contributed by atoms with van der Waals surface area (Å²) in [7, 11) is 0. The molecule has 0 rings (SSSR count). The molecular formula is C17H36O3. The fraction of sp³-hybridized carbons (Fsp3) is 1.00. The fourth-order valence-electron chi connectivity index (χ4n) is 2.45. The summed E-state index contributed by atoms with van der Waals surface area (Å²) < 4.78 is 0. The summed E-state index contributed by atoms with van der Waals surface area (Å²) in [6.45, 7) is 3.48. The highest BCUT2D eigenvalue weighted by Crippen LogP contribution is 2.15. The van der Waals surface area contributed by atoms with Gasteiger partial charge in [0.1, 0.15) is 6.10 Å². The Balaban J connectivity index is 3.14. The molecular weight excluding hydrogens is 252 g/mol. The molecule has 0 bridgehead atoms. The lowest BCUT2D eigenvalue weighted by molar-refractivity contribution is -0.212. The van der Waals surface area contributed by atoms with E-state index in [1.165, 1.54) is 71.1 Å². The van der Waals surface area contributed by atoms with Crippen molar-refractivity contribution in [3.05, 3.63) is 0 Å². The highest BCUT2D eigenvalue weighted by atomic mass is 16.5. The second-order valence-corrected chi connectivity index (χ2v) is 6.29. The Morgan fingerprint density at radius 3 is 1.40 bits per heavy atom. The van der Waals surface area contributed by atoms with E-state index in [1.54, 1.807) is 0 Å². The van der Waals surface area contributed by atoms with Crippen molar-refractivity contribution in [1.29, 1.82) is 0 Å². The van der Waals surface area contributed by atoms with E-state index in [-0.39, 0.29) is 0 Å². The van der Waals surface area contributed by atoms with Gasteiger partial charge in [-0.05, 0) is 13.3 Å². The second kappa shape index (κ2) is 12.6. The Hall–Kier alpha value is -0.120. The zero-order chi connectivity index (χ0) is 15.3. The molecule has 1 unspecified atom stereocenters. The maximum atomic E-state index is 9.45.